The van der Waals surface area contributed by atoms with Crippen LogP contribution in [-0.4, -0.2) is 26.4 Å². The van der Waals surface area contributed by atoms with Crippen molar-refractivity contribution in [2.24, 2.45) is 0 Å². The number of hydrogen-bond acceptors (Lipinski definition) is 2. The lowest BCUT2D eigenvalue weighted by Crippen LogP contribution is -2.06. The van der Waals surface area contributed by atoms with E-state index in [0.29, 0.717) is 0 Å². The molecule has 0 bridgehead atoms. The highest BCUT2D eigenvalue weighted by Gasteiger charge is 1.95. The van der Waals surface area contributed by atoms with Crippen molar-refractivity contribution in [2.75, 3.05) is 26.4 Å². The van der Waals surface area contributed by atoms with E-state index in [-0.39, 0.29) is 0 Å². The van der Waals surface area contributed by atoms with Gasteiger partial charge in [-0.2, -0.15) is 0 Å². The Hall–Kier alpha value is -0.0800. The van der Waals surface area contributed by atoms with E-state index in [0.717, 1.165) is 26.4 Å². The molecular weight excluding hydrogens is 320 g/mol. The molecule has 0 aromatic rings. The molecule has 0 aliphatic carbocycles. The molecule has 2 heteroatoms. The molecule has 0 fully saturated rings. The molecule has 158 valence electrons. The van der Waals surface area contributed by atoms with Crippen LogP contribution in [0.2, 0.25) is 0 Å². The molecule has 0 aliphatic rings. The molecule has 0 atom stereocenters. The first-order chi connectivity index (χ1) is 12.9. The molecular formula is C24H50O2. The molecule has 0 amide bonds. The van der Waals surface area contributed by atoms with Crippen LogP contribution < -0.4 is 0 Å². The minimum Gasteiger partial charge on any atom is -0.379 e. The maximum Gasteiger partial charge on any atom is 0.0700 e. The van der Waals surface area contributed by atoms with Crippen molar-refractivity contribution in [2.45, 2.75) is 129 Å². The van der Waals surface area contributed by atoms with E-state index in [2.05, 4.69) is 13.8 Å². The van der Waals surface area contributed by atoms with Crippen LogP contribution >= 0.6 is 0 Å². The van der Waals surface area contributed by atoms with E-state index in [1.54, 1.807) is 0 Å². The van der Waals surface area contributed by atoms with E-state index >= 15 is 0 Å². The minimum absolute atomic E-state index is 0.772. The highest BCUT2D eigenvalue weighted by atomic mass is 16.5. The fourth-order valence-corrected chi connectivity index (χ4v) is 3.35. The van der Waals surface area contributed by atoms with Gasteiger partial charge in [0.05, 0.1) is 13.2 Å². The molecule has 0 N–H and O–H groups in total. The fraction of sp³-hybridized carbons (Fsp3) is 1.00. The molecule has 26 heavy (non-hydrogen) atoms. The zero-order chi connectivity index (χ0) is 19.0. The Morgan fingerprint density at radius 1 is 0.308 bits per heavy atom. The molecule has 2 nitrogen and oxygen atoms in total. The quantitative estimate of drug-likeness (QED) is 0.169. The van der Waals surface area contributed by atoms with Crippen molar-refractivity contribution >= 4 is 0 Å². The van der Waals surface area contributed by atoms with Gasteiger partial charge in [-0.05, 0) is 12.8 Å². The smallest absolute Gasteiger partial charge is 0.0700 e. The first-order valence-corrected chi connectivity index (χ1v) is 12.1. The zero-order valence-corrected chi connectivity index (χ0v) is 18.4. The predicted molar refractivity (Wildman–Crippen MR) is 116 cm³/mol. The van der Waals surface area contributed by atoms with Crippen LogP contribution in [0.1, 0.15) is 129 Å². The minimum atomic E-state index is 0.772. The van der Waals surface area contributed by atoms with Crippen LogP contribution in [0.15, 0.2) is 0 Å². The summed E-state index contributed by atoms with van der Waals surface area (Å²) in [5.41, 5.74) is 0. The Balaban J connectivity index is 2.95. The number of unbranched alkanes of at least 4 members (excludes halogenated alkanes) is 16. The van der Waals surface area contributed by atoms with Gasteiger partial charge in [0.2, 0.25) is 0 Å². The predicted octanol–water partition coefficient (Wildman–Crippen LogP) is 8.08. The van der Waals surface area contributed by atoms with Crippen LogP contribution in [0, 0.1) is 0 Å². The second kappa shape index (κ2) is 24.9. The number of hydrogen-bond donors (Lipinski definition) is 0. The van der Waals surface area contributed by atoms with Crippen molar-refractivity contribution in [3.8, 4) is 0 Å². The second-order valence-corrected chi connectivity index (χ2v) is 7.88. The van der Waals surface area contributed by atoms with E-state index in [1.165, 1.54) is 116 Å². The lowest BCUT2D eigenvalue weighted by atomic mass is 10.1. The zero-order valence-electron chi connectivity index (χ0n) is 18.4. The lowest BCUT2D eigenvalue weighted by Gasteiger charge is -2.06. The Labute approximate surface area is 165 Å². The fourth-order valence-electron chi connectivity index (χ4n) is 3.35. The van der Waals surface area contributed by atoms with Crippen molar-refractivity contribution in [1.29, 1.82) is 0 Å². The van der Waals surface area contributed by atoms with Gasteiger partial charge in [0.15, 0.2) is 0 Å². The molecule has 0 saturated carbocycles. The van der Waals surface area contributed by atoms with E-state index < -0.39 is 0 Å². The summed E-state index contributed by atoms with van der Waals surface area (Å²) in [5, 5.41) is 0. The normalized spacial score (nSPS) is 11.3. The second-order valence-electron chi connectivity index (χ2n) is 7.88. The molecule has 0 rings (SSSR count). The highest BCUT2D eigenvalue weighted by Crippen LogP contribution is 2.10. The standard InChI is InChI=1S/C24H50O2/c1-3-5-7-9-11-13-14-16-18-20-22-26-24-23-25-21-19-17-15-12-10-8-6-4-2/h3-24H2,1-2H3. The average Bonchev–Trinajstić information content (AvgIpc) is 2.66. The first kappa shape index (κ1) is 25.9. The Bertz CT molecular complexity index is 206. The monoisotopic (exact) mass is 370 g/mol. The summed E-state index contributed by atoms with van der Waals surface area (Å²) in [6, 6.07) is 0. The Kier molecular flexibility index (Phi) is 24.8. The molecule has 0 radical (unpaired) electrons. The molecule has 0 aliphatic heterocycles. The Morgan fingerprint density at radius 3 is 0.885 bits per heavy atom. The third-order valence-corrected chi connectivity index (χ3v) is 5.16. The summed E-state index contributed by atoms with van der Waals surface area (Å²) < 4.78 is 11.3. The van der Waals surface area contributed by atoms with Crippen LogP contribution in [0.3, 0.4) is 0 Å². The van der Waals surface area contributed by atoms with Crippen LogP contribution in [-0.2, 0) is 9.47 Å². The summed E-state index contributed by atoms with van der Waals surface area (Å²) in [4.78, 5) is 0. The van der Waals surface area contributed by atoms with Crippen molar-refractivity contribution in [1.82, 2.24) is 0 Å². The van der Waals surface area contributed by atoms with Crippen LogP contribution in [0.4, 0.5) is 0 Å². The van der Waals surface area contributed by atoms with Gasteiger partial charge in [-0.15, -0.1) is 0 Å². The third-order valence-electron chi connectivity index (χ3n) is 5.16. The number of ether oxygens (including phenoxy) is 2. The van der Waals surface area contributed by atoms with Crippen LogP contribution in [0.25, 0.3) is 0 Å². The summed E-state index contributed by atoms with van der Waals surface area (Å²) in [6.45, 7) is 7.93. The maximum atomic E-state index is 5.66. The van der Waals surface area contributed by atoms with Crippen LogP contribution in [0.5, 0.6) is 0 Å². The average molecular weight is 371 g/mol. The van der Waals surface area contributed by atoms with Gasteiger partial charge in [0.25, 0.3) is 0 Å². The molecule has 0 spiro atoms. The van der Waals surface area contributed by atoms with E-state index in [4.69, 9.17) is 9.47 Å². The molecule has 0 saturated heterocycles. The van der Waals surface area contributed by atoms with Crippen molar-refractivity contribution < 1.29 is 9.47 Å². The summed E-state index contributed by atoms with van der Waals surface area (Å²) in [5.74, 6) is 0. The number of rotatable bonds is 23. The third kappa shape index (κ3) is 23.9. The van der Waals surface area contributed by atoms with Gasteiger partial charge in [0.1, 0.15) is 0 Å². The lowest BCUT2D eigenvalue weighted by molar-refractivity contribution is 0.0448. The summed E-state index contributed by atoms with van der Waals surface area (Å²) >= 11 is 0. The van der Waals surface area contributed by atoms with E-state index in [1.807, 2.05) is 0 Å². The van der Waals surface area contributed by atoms with Gasteiger partial charge >= 0.3 is 0 Å². The van der Waals surface area contributed by atoms with E-state index in [9.17, 15) is 0 Å². The first-order valence-electron chi connectivity index (χ1n) is 12.1. The van der Waals surface area contributed by atoms with Gasteiger partial charge in [-0.3, -0.25) is 0 Å². The molecule has 0 unspecified atom stereocenters. The van der Waals surface area contributed by atoms with Gasteiger partial charge < -0.3 is 9.47 Å². The summed E-state index contributed by atoms with van der Waals surface area (Å²) in [7, 11) is 0. The van der Waals surface area contributed by atoms with Gasteiger partial charge in [0, 0.05) is 13.2 Å². The molecule has 0 heterocycles. The van der Waals surface area contributed by atoms with Crippen molar-refractivity contribution in [3.63, 3.8) is 0 Å². The van der Waals surface area contributed by atoms with Gasteiger partial charge in [-0.25, -0.2) is 0 Å². The SMILES string of the molecule is CCCCCCCCCCCCOCCOCCCCCCCCCC. The summed E-state index contributed by atoms with van der Waals surface area (Å²) in [6.07, 6.45) is 24.8. The van der Waals surface area contributed by atoms with Gasteiger partial charge in [-0.1, -0.05) is 117 Å². The largest absolute Gasteiger partial charge is 0.379 e. The van der Waals surface area contributed by atoms with Crippen molar-refractivity contribution in [3.05, 3.63) is 0 Å². The Morgan fingerprint density at radius 2 is 0.577 bits per heavy atom. The molecule has 0 aromatic heterocycles. The highest BCUT2D eigenvalue weighted by molar-refractivity contribution is 4.48. The molecule has 0 aromatic carbocycles. The topological polar surface area (TPSA) is 18.5 Å². The maximum absolute atomic E-state index is 5.66.